The first kappa shape index (κ1) is 13.6. The highest BCUT2D eigenvalue weighted by molar-refractivity contribution is 9.10. The lowest BCUT2D eigenvalue weighted by Gasteiger charge is -2.01. The summed E-state index contributed by atoms with van der Waals surface area (Å²) in [5.41, 5.74) is -0.290. The molecule has 1 N–H and O–H groups in total. The molecule has 1 aliphatic carbocycles. The third-order valence-electron chi connectivity index (χ3n) is 3.04. The molecule has 0 radical (unpaired) electrons. The van der Waals surface area contributed by atoms with Gasteiger partial charge in [0.05, 0.1) is 0 Å². The number of hydrogen-bond acceptors (Lipinski definition) is 4. The number of benzene rings is 1. The van der Waals surface area contributed by atoms with Crippen LogP contribution in [0.5, 0.6) is 0 Å². The Bertz CT molecular complexity index is 605. The Morgan fingerprint density at radius 3 is 2.60 bits per heavy atom. The highest BCUT2D eigenvalue weighted by Gasteiger charge is 2.21. The van der Waals surface area contributed by atoms with E-state index in [-0.39, 0.29) is 11.5 Å². The first-order valence-electron chi connectivity index (χ1n) is 6.34. The summed E-state index contributed by atoms with van der Waals surface area (Å²) >= 11 is 3.02. The number of aromatic nitrogens is 2. The Labute approximate surface area is 122 Å². The summed E-state index contributed by atoms with van der Waals surface area (Å²) in [6.45, 7) is 0.720. The van der Waals surface area contributed by atoms with Crippen molar-refractivity contribution in [2.75, 3.05) is 6.54 Å². The van der Waals surface area contributed by atoms with Crippen LogP contribution in [0, 0.1) is 11.6 Å². The average molecular weight is 344 g/mol. The van der Waals surface area contributed by atoms with E-state index in [9.17, 15) is 8.78 Å². The molecule has 1 aromatic heterocycles. The fraction of sp³-hybridized carbons (Fsp3) is 0.385. The standard InChI is InChI=1S/C13H12BrF2N3O/c14-7-5-9(15)12(10(16)6-7)13-19-18-11(20-13)3-4-17-8-1-2-8/h5-6,8,17H,1-4H2. The average Bonchev–Trinajstić information content (AvgIpc) is 3.07. The third-order valence-corrected chi connectivity index (χ3v) is 3.49. The molecule has 0 spiro atoms. The number of halogens is 3. The van der Waals surface area contributed by atoms with Crippen LogP contribution < -0.4 is 5.32 Å². The Kier molecular flexibility index (Phi) is 3.80. The molecule has 0 aliphatic heterocycles. The van der Waals surface area contributed by atoms with Crippen LogP contribution in [0.4, 0.5) is 8.78 Å². The van der Waals surface area contributed by atoms with Gasteiger partial charge in [0.1, 0.15) is 17.2 Å². The molecule has 7 heteroatoms. The molecule has 1 aromatic carbocycles. The molecular weight excluding hydrogens is 332 g/mol. The van der Waals surface area contributed by atoms with E-state index < -0.39 is 11.6 Å². The zero-order chi connectivity index (χ0) is 14.1. The maximum absolute atomic E-state index is 13.8. The second-order valence-electron chi connectivity index (χ2n) is 4.72. The predicted octanol–water partition coefficient (Wildman–Crippen LogP) is 3.07. The van der Waals surface area contributed by atoms with Gasteiger partial charge in [-0.15, -0.1) is 10.2 Å². The van der Waals surface area contributed by atoms with Crippen molar-refractivity contribution in [3.05, 3.63) is 34.1 Å². The maximum atomic E-state index is 13.8. The number of nitrogens with one attached hydrogen (secondary N) is 1. The van der Waals surface area contributed by atoms with Crippen molar-refractivity contribution in [2.45, 2.75) is 25.3 Å². The van der Waals surface area contributed by atoms with Crippen molar-refractivity contribution < 1.29 is 13.2 Å². The SMILES string of the molecule is Fc1cc(Br)cc(F)c1-c1nnc(CCNC2CC2)o1. The molecule has 0 atom stereocenters. The van der Waals surface area contributed by atoms with Crippen molar-refractivity contribution in [2.24, 2.45) is 0 Å². The van der Waals surface area contributed by atoms with Crippen molar-refractivity contribution in [1.29, 1.82) is 0 Å². The second-order valence-corrected chi connectivity index (χ2v) is 5.64. The van der Waals surface area contributed by atoms with Gasteiger partial charge in [0.15, 0.2) is 0 Å². The van der Waals surface area contributed by atoms with Gasteiger partial charge in [0, 0.05) is 23.5 Å². The van der Waals surface area contributed by atoms with Gasteiger partial charge in [-0.3, -0.25) is 0 Å². The zero-order valence-electron chi connectivity index (χ0n) is 10.5. The normalized spacial score (nSPS) is 14.8. The highest BCUT2D eigenvalue weighted by atomic mass is 79.9. The molecule has 1 aliphatic rings. The molecule has 3 rings (SSSR count). The van der Waals surface area contributed by atoms with Crippen LogP contribution in [0.2, 0.25) is 0 Å². The van der Waals surface area contributed by atoms with Crippen molar-refractivity contribution in [3.63, 3.8) is 0 Å². The van der Waals surface area contributed by atoms with Crippen LogP contribution in [0.1, 0.15) is 18.7 Å². The fourth-order valence-electron chi connectivity index (χ4n) is 1.87. The van der Waals surface area contributed by atoms with Gasteiger partial charge in [-0.05, 0) is 25.0 Å². The summed E-state index contributed by atoms with van der Waals surface area (Å²) in [4.78, 5) is 0. The number of rotatable bonds is 5. The summed E-state index contributed by atoms with van der Waals surface area (Å²) in [5, 5.41) is 10.8. The van der Waals surface area contributed by atoms with E-state index in [4.69, 9.17) is 4.42 Å². The predicted molar refractivity (Wildman–Crippen MR) is 72.1 cm³/mol. The molecule has 1 heterocycles. The minimum Gasteiger partial charge on any atom is -0.420 e. The molecule has 0 amide bonds. The van der Waals surface area contributed by atoms with E-state index in [2.05, 4.69) is 31.4 Å². The van der Waals surface area contributed by atoms with Crippen LogP contribution in [-0.2, 0) is 6.42 Å². The van der Waals surface area contributed by atoms with Gasteiger partial charge in [0.2, 0.25) is 5.89 Å². The molecule has 0 saturated heterocycles. The smallest absolute Gasteiger partial charge is 0.253 e. The molecule has 2 aromatic rings. The molecule has 1 saturated carbocycles. The lowest BCUT2D eigenvalue weighted by atomic mass is 10.2. The summed E-state index contributed by atoms with van der Waals surface area (Å²) in [6.07, 6.45) is 2.94. The lowest BCUT2D eigenvalue weighted by molar-refractivity contribution is 0.485. The van der Waals surface area contributed by atoms with E-state index in [0.29, 0.717) is 22.8 Å². The molecule has 4 nitrogen and oxygen atoms in total. The Morgan fingerprint density at radius 1 is 1.25 bits per heavy atom. The van der Waals surface area contributed by atoms with E-state index in [1.54, 1.807) is 0 Å². The highest BCUT2D eigenvalue weighted by Crippen LogP contribution is 2.28. The second kappa shape index (κ2) is 5.57. The fourth-order valence-corrected chi connectivity index (χ4v) is 2.27. The summed E-state index contributed by atoms with van der Waals surface area (Å²) in [6, 6.07) is 2.92. The lowest BCUT2D eigenvalue weighted by Crippen LogP contribution is -2.19. The summed E-state index contributed by atoms with van der Waals surface area (Å²) in [7, 11) is 0. The van der Waals surface area contributed by atoms with Crippen LogP contribution in [0.15, 0.2) is 21.0 Å². The maximum Gasteiger partial charge on any atom is 0.253 e. The van der Waals surface area contributed by atoms with E-state index in [1.165, 1.54) is 12.8 Å². The molecule has 20 heavy (non-hydrogen) atoms. The largest absolute Gasteiger partial charge is 0.420 e. The van der Waals surface area contributed by atoms with Crippen LogP contribution in [0.25, 0.3) is 11.5 Å². The Balaban J connectivity index is 1.75. The van der Waals surface area contributed by atoms with E-state index >= 15 is 0 Å². The number of nitrogens with zero attached hydrogens (tertiary/aromatic N) is 2. The van der Waals surface area contributed by atoms with Crippen molar-refractivity contribution >= 4 is 15.9 Å². The van der Waals surface area contributed by atoms with Gasteiger partial charge in [-0.1, -0.05) is 15.9 Å². The van der Waals surface area contributed by atoms with Gasteiger partial charge < -0.3 is 9.73 Å². The van der Waals surface area contributed by atoms with Crippen LogP contribution >= 0.6 is 15.9 Å². The van der Waals surface area contributed by atoms with E-state index in [1.807, 2.05) is 0 Å². The first-order valence-corrected chi connectivity index (χ1v) is 7.13. The summed E-state index contributed by atoms with van der Waals surface area (Å²) < 4.78 is 33.2. The van der Waals surface area contributed by atoms with Crippen LogP contribution in [0.3, 0.4) is 0 Å². The first-order chi connectivity index (χ1) is 9.63. The van der Waals surface area contributed by atoms with Gasteiger partial charge >= 0.3 is 0 Å². The Morgan fingerprint density at radius 2 is 1.95 bits per heavy atom. The van der Waals surface area contributed by atoms with Gasteiger partial charge in [-0.25, -0.2) is 8.78 Å². The van der Waals surface area contributed by atoms with Gasteiger partial charge in [-0.2, -0.15) is 0 Å². The zero-order valence-corrected chi connectivity index (χ0v) is 12.1. The number of hydrogen-bond donors (Lipinski definition) is 1. The van der Waals surface area contributed by atoms with Crippen molar-refractivity contribution in [1.82, 2.24) is 15.5 Å². The van der Waals surface area contributed by atoms with Gasteiger partial charge in [0.25, 0.3) is 5.89 Å². The minimum atomic E-state index is -0.733. The molecule has 0 unspecified atom stereocenters. The minimum absolute atomic E-state index is 0.131. The monoisotopic (exact) mass is 343 g/mol. The molecular formula is C13H12BrF2N3O. The Hall–Kier alpha value is -1.34. The van der Waals surface area contributed by atoms with Crippen molar-refractivity contribution in [3.8, 4) is 11.5 Å². The van der Waals surface area contributed by atoms with Crippen LogP contribution in [-0.4, -0.2) is 22.8 Å². The molecule has 0 bridgehead atoms. The topological polar surface area (TPSA) is 51.0 Å². The molecule has 106 valence electrons. The third kappa shape index (κ3) is 3.04. The van der Waals surface area contributed by atoms with E-state index in [0.717, 1.165) is 18.7 Å². The molecule has 1 fully saturated rings. The summed E-state index contributed by atoms with van der Waals surface area (Å²) in [5.74, 6) is -1.23. The quantitative estimate of drug-likeness (QED) is 0.906.